The van der Waals surface area contributed by atoms with Crippen molar-refractivity contribution < 1.29 is 5.11 Å². The summed E-state index contributed by atoms with van der Waals surface area (Å²) in [7, 11) is 5.41. The minimum Gasteiger partial charge on any atom is -0.396 e. The molecule has 0 fully saturated rings. The van der Waals surface area contributed by atoms with Crippen LogP contribution in [0.2, 0.25) is 0 Å². The zero-order chi connectivity index (χ0) is 4.12. The van der Waals surface area contributed by atoms with E-state index >= 15 is 0 Å². The topological polar surface area (TPSA) is 20.2 Å². The molecule has 0 heterocycles. The molecule has 0 aromatic carbocycles. The van der Waals surface area contributed by atoms with Gasteiger partial charge in [0.05, 0.1) is 0 Å². The predicted octanol–water partition coefficient (Wildman–Crippen LogP) is -0.259. The average molecular weight is 87.9 g/mol. The van der Waals surface area contributed by atoms with Gasteiger partial charge in [-0.2, -0.15) is 8.46 Å². The van der Waals surface area contributed by atoms with Gasteiger partial charge in [0, 0.05) is 6.61 Å². The van der Waals surface area contributed by atoms with E-state index in [0.29, 0.717) is 8.46 Å². The van der Waals surface area contributed by atoms with Gasteiger partial charge in [-0.15, -0.1) is 0 Å². The highest BCUT2D eigenvalue weighted by molar-refractivity contribution is 7.66. The lowest BCUT2D eigenvalue weighted by atomic mass is 10.8. The third kappa shape index (κ3) is 4.45. The van der Waals surface area contributed by atoms with E-state index in [1.165, 1.54) is 0 Å². The Morgan fingerprint density at radius 3 is 2.40 bits per heavy atom. The second-order valence-corrected chi connectivity index (χ2v) is 1.59. The van der Waals surface area contributed by atoms with E-state index in [2.05, 4.69) is 0 Å². The van der Waals surface area contributed by atoms with Crippen LogP contribution < -0.4 is 0 Å². The molecule has 0 bridgehead atoms. The summed E-state index contributed by atoms with van der Waals surface area (Å²) in [6, 6.07) is 0. The van der Waals surface area contributed by atoms with Gasteiger partial charge in [0.25, 0.3) is 0 Å². The van der Waals surface area contributed by atoms with Crippen LogP contribution >= 0.6 is 8.46 Å². The van der Waals surface area contributed by atoms with E-state index in [1.807, 2.05) is 0 Å². The van der Waals surface area contributed by atoms with Crippen LogP contribution in [0.5, 0.6) is 0 Å². The fourth-order valence-electron chi connectivity index (χ4n) is 0.0645. The molecule has 0 aromatic heterocycles. The van der Waals surface area contributed by atoms with Gasteiger partial charge in [0.2, 0.25) is 0 Å². The minimum atomic E-state index is 0.231. The summed E-state index contributed by atoms with van der Waals surface area (Å²) in [6.45, 7) is 0.231. The molecule has 1 N–H and O–H groups in total. The van der Waals surface area contributed by atoms with Crippen LogP contribution in [0.25, 0.3) is 0 Å². The molecule has 0 amide bonds. The Kier molecular flexibility index (Phi) is 4.86. The summed E-state index contributed by atoms with van der Waals surface area (Å²) in [4.78, 5) is 0. The van der Waals surface area contributed by atoms with E-state index in [4.69, 9.17) is 12.7 Å². The summed E-state index contributed by atoms with van der Waals surface area (Å²) in [5.41, 5.74) is 0. The maximum absolute atomic E-state index is 7.99. The fraction of sp³-hybridized carbons (Fsp3) is 1.00. The lowest BCUT2D eigenvalue weighted by molar-refractivity contribution is 0.322. The standard InChI is InChI=1S/C2H6BOP/c3-5-2-1-4/h4-5H,1-2H2. The molecule has 0 saturated heterocycles. The van der Waals surface area contributed by atoms with Crippen LogP contribution in [-0.4, -0.2) is 25.4 Å². The van der Waals surface area contributed by atoms with Crippen molar-refractivity contribution in [1.29, 1.82) is 0 Å². The van der Waals surface area contributed by atoms with Crippen molar-refractivity contribution in [3.05, 3.63) is 0 Å². The number of rotatable bonds is 2. The lowest BCUT2D eigenvalue weighted by Crippen LogP contribution is -1.79. The molecule has 2 radical (unpaired) electrons. The van der Waals surface area contributed by atoms with Crippen LogP contribution in [0.4, 0.5) is 0 Å². The van der Waals surface area contributed by atoms with Crippen LogP contribution in [0.3, 0.4) is 0 Å². The van der Waals surface area contributed by atoms with Gasteiger partial charge in [-0.3, -0.25) is 0 Å². The smallest absolute Gasteiger partial charge is 0.104 e. The van der Waals surface area contributed by atoms with E-state index in [0.717, 1.165) is 6.16 Å². The van der Waals surface area contributed by atoms with E-state index in [-0.39, 0.29) is 6.61 Å². The maximum atomic E-state index is 7.99. The molecular formula is C2H6BOP. The Balaban J connectivity index is 2.19. The Labute approximate surface area is 34.9 Å². The normalized spacial score (nSPS) is 10.6. The van der Waals surface area contributed by atoms with Crippen molar-refractivity contribution in [3.8, 4) is 0 Å². The molecule has 1 nitrogen and oxygen atoms in total. The van der Waals surface area contributed by atoms with Gasteiger partial charge in [0.1, 0.15) is 7.57 Å². The molecule has 1 atom stereocenters. The molecule has 0 saturated carbocycles. The van der Waals surface area contributed by atoms with Crippen molar-refractivity contribution in [3.63, 3.8) is 0 Å². The van der Waals surface area contributed by atoms with Gasteiger partial charge in [-0.05, 0) is 6.16 Å². The molecular weight excluding hydrogens is 81.8 g/mol. The average Bonchev–Trinajstić information content (AvgIpc) is 1.41. The molecule has 28 valence electrons. The molecule has 0 aliphatic heterocycles. The summed E-state index contributed by atoms with van der Waals surface area (Å²) in [5.74, 6) is 0. The Hall–Kier alpha value is 0.455. The van der Waals surface area contributed by atoms with Gasteiger partial charge >= 0.3 is 0 Å². The van der Waals surface area contributed by atoms with E-state index in [1.54, 1.807) is 0 Å². The Morgan fingerprint density at radius 1 is 1.80 bits per heavy atom. The SMILES string of the molecule is [B]PCCO. The first kappa shape index (κ1) is 5.45. The molecule has 1 unspecified atom stereocenters. The molecule has 0 aliphatic rings. The maximum Gasteiger partial charge on any atom is 0.104 e. The number of hydrogen-bond donors (Lipinski definition) is 1. The third-order valence-electron chi connectivity index (χ3n) is 0.256. The van der Waals surface area contributed by atoms with Gasteiger partial charge in [-0.1, -0.05) is 0 Å². The largest absolute Gasteiger partial charge is 0.396 e. The van der Waals surface area contributed by atoms with Gasteiger partial charge in [0.15, 0.2) is 0 Å². The number of aliphatic hydroxyl groups excluding tert-OH is 1. The van der Waals surface area contributed by atoms with Crippen molar-refractivity contribution in [2.45, 2.75) is 0 Å². The van der Waals surface area contributed by atoms with E-state index in [9.17, 15) is 0 Å². The lowest BCUT2D eigenvalue weighted by Gasteiger charge is -1.80. The van der Waals surface area contributed by atoms with Gasteiger partial charge in [-0.25, -0.2) is 0 Å². The minimum absolute atomic E-state index is 0.231. The molecule has 3 heteroatoms. The summed E-state index contributed by atoms with van der Waals surface area (Å²) in [5, 5.41) is 7.99. The summed E-state index contributed by atoms with van der Waals surface area (Å²) >= 11 is 0. The Bertz CT molecular complexity index is 17.1. The highest BCUT2D eigenvalue weighted by atomic mass is 31.1. The van der Waals surface area contributed by atoms with Crippen LogP contribution in [0, 0.1) is 0 Å². The molecule has 0 rings (SSSR count). The van der Waals surface area contributed by atoms with Gasteiger partial charge < -0.3 is 5.11 Å². The third-order valence-corrected chi connectivity index (χ3v) is 0.768. The number of hydrogen-bond acceptors (Lipinski definition) is 1. The predicted molar refractivity (Wildman–Crippen MR) is 26.0 cm³/mol. The Morgan fingerprint density at radius 2 is 2.40 bits per heavy atom. The van der Waals surface area contributed by atoms with Crippen LogP contribution in [0.1, 0.15) is 0 Å². The van der Waals surface area contributed by atoms with Crippen molar-refractivity contribution >= 4 is 16.0 Å². The first-order valence-corrected chi connectivity index (χ1v) is 2.74. The molecule has 0 aliphatic carbocycles. The van der Waals surface area contributed by atoms with Crippen molar-refractivity contribution in [2.75, 3.05) is 12.8 Å². The van der Waals surface area contributed by atoms with Crippen molar-refractivity contribution in [1.82, 2.24) is 0 Å². The first-order valence-electron chi connectivity index (χ1n) is 1.46. The van der Waals surface area contributed by atoms with Crippen LogP contribution in [0.15, 0.2) is 0 Å². The molecule has 0 spiro atoms. The fourth-order valence-corrected chi connectivity index (χ4v) is 0.194. The van der Waals surface area contributed by atoms with Crippen LogP contribution in [-0.2, 0) is 0 Å². The zero-order valence-corrected chi connectivity index (χ0v) is 3.94. The summed E-state index contributed by atoms with van der Waals surface area (Å²) < 4.78 is 0. The second-order valence-electron chi connectivity index (χ2n) is 0.678. The highest BCUT2D eigenvalue weighted by Gasteiger charge is 1.68. The monoisotopic (exact) mass is 88.0 g/mol. The first-order chi connectivity index (χ1) is 2.41. The van der Waals surface area contributed by atoms with Crippen molar-refractivity contribution in [2.24, 2.45) is 0 Å². The number of aliphatic hydroxyl groups is 1. The second kappa shape index (κ2) is 4.45. The van der Waals surface area contributed by atoms with E-state index < -0.39 is 0 Å². The zero-order valence-electron chi connectivity index (χ0n) is 2.94. The molecule has 5 heavy (non-hydrogen) atoms. The highest BCUT2D eigenvalue weighted by Crippen LogP contribution is 1.94. The quantitative estimate of drug-likeness (QED) is 0.364. The molecule has 0 aromatic rings. The summed E-state index contributed by atoms with van der Waals surface area (Å²) in [6.07, 6.45) is 0.750.